The number of hydrogen-bond donors (Lipinski definition) is 3. The molecule has 174 valence electrons. The lowest BCUT2D eigenvalue weighted by Gasteiger charge is -2.23. The van der Waals surface area contributed by atoms with Crippen molar-refractivity contribution in [2.75, 3.05) is 17.2 Å². The number of hydrogen-bond acceptors (Lipinski definition) is 5. The molecular formula is C26H39N5O. The summed E-state index contributed by atoms with van der Waals surface area (Å²) >= 11 is 0. The van der Waals surface area contributed by atoms with Crippen molar-refractivity contribution >= 4 is 17.7 Å². The van der Waals surface area contributed by atoms with E-state index in [-0.39, 0.29) is 11.9 Å². The number of anilines is 2. The summed E-state index contributed by atoms with van der Waals surface area (Å²) in [7, 11) is 0. The normalized spacial score (nSPS) is 15.4. The quantitative estimate of drug-likeness (QED) is 0.474. The largest absolute Gasteiger partial charge is 0.358 e. The SMILES string of the molecule is Cc1ccc(CNC(=O)[C@H](CC(C)C)Nc2cc(C)nc(NCC3CCCCC3)n2)cc1. The van der Waals surface area contributed by atoms with Gasteiger partial charge < -0.3 is 16.0 Å². The molecule has 32 heavy (non-hydrogen) atoms. The van der Waals surface area contributed by atoms with Gasteiger partial charge in [0.15, 0.2) is 0 Å². The van der Waals surface area contributed by atoms with Gasteiger partial charge in [-0.1, -0.05) is 62.9 Å². The molecule has 1 aliphatic rings. The lowest BCUT2D eigenvalue weighted by Crippen LogP contribution is -2.40. The molecule has 1 aliphatic carbocycles. The molecule has 6 heteroatoms. The van der Waals surface area contributed by atoms with Crippen molar-refractivity contribution in [2.45, 2.75) is 78.8 Å². The van der Waals surface area contributed by atoms with Crippen molar-refractivity contribution in [1.29, 1.82) is 0 Å². The van der Waals surface area contributed by atoms with Crippen molar-refractivity contribution in [2.24, 2.45) is 11.8 Å². The third-order valence-corrected chi connectivity index (χ3v) is 6.06. The maximum absolute atomic E-state index is 13.0. The van der Waals surface area contributed by atoms with E-state index in [4.69, 9.17) is 0 Å². The fourth-order valence-corrected chi connectivity index (χ4v) is 4.25. The van der Waals surface area contributed by atoms with Crippen molar-refractivity contribution in [3.05, 3.63) is 47.2 Å². The molecular weight excluding hydrogens is 398 g/mol. The second-order valence-corrected chi connectivity index (χ2v) is 9.63. The number of carbonyl (C=O) groups is 1. The van der Waals surface area contributed by atoms with Gasteiger partial charge in [0, 0.05) is 24.8 Å². The summed E-state index contributed by atoms with van der Waals surface area (Å²) in [6.45, 7) is 9.72. The number of aryl methyl sites for hydroxylation is 2. The van der Waals surface area contributed by atoms with Gasteiger partial charge in [-0.2, -0.15) is 4.98 Å². The maximum atomic E-state index is 13.0. The Labute approximate surface area is 193 Å². The number of nitrogens with one attached hydrogen (secondary N) is 3. The van der Waals surface area contributed by atoms with Crippen LogP contribution in [0.3, 0.4) is 0 Å². The van der Waals surface area contributed by atoms with Gasteiger partial charge in [-0.25, -0.2) is 4.98 Å². The van der Waals surface area contributed by atoms with Gasteiger partial charge in [-0.15, -0.1) is 0 Å². The summed E-state index contributed by atoms with van der Waals surface area (Å²) in [5.41, 5.74) is 3.20. The van der Waals surface area contributed by atoms with E-state index in [1.54, 1.807) is 0 Å². The van der Waals surface area contributed by atoms with Crippen LogP contribution in [-0.4, -0.2) is 28.5 Å². The molecule has 1 saturated carbocycles. The van der Waals surface area contributed by atoms with E-state index < -0.39 is 0 Å². The second kappa shape index (κ2) is 11.8. The minimum Gasteiger partial charge on any atom is -0.358 e. The van der Waals surface area contributed by atoms with Crippen LogP contribution in [0.15, 0.2) is 30.3 Å². The van der Waals surface area contributed by atoms with Crippen LogP contribution in [-0.2, 0) is 11.3 Å². The average Bonchev–Trinajstić information content (AvgIpc) is 2.77. The lowest BCUT2D eigenvalue weighted by molar-refractivity contribution is -0.122. The molecule has 0 bridgehead atoms. The van der Waals surface area contributed by atoms with E-state index in [0.717, 1.165) is 24.2 Å². The minimum atomic E-state index is -0.346. The average molecular weight is 438 g/mol. The highest BCUT2D eigenvalue weighted by Gasteiger charge is 2.21. The number of rotatable bonds is 10. The van der Waals surface area contributed by atoms with Crippen LogP contribution >= 0.6 is 0 Å². The van der Waals surface area contributed by atoms with Gasteiger partial charge in [-0.3, -0.25) is 4.79 Å². The van der Waals surface area contributed by atoms with Crippen LogP contribution in [0.2, 0.25) is 0 Å². The molecule has 6 nitrogen and oxygen atoms in total. The summed E-state index contributed by atoms with van der Waals surface area (Å²) in [6.07, 6.45) is 7.29. The first-order valence-electron chi connectivity index (χ1n) is 12.1. The van der Waals surface area contributed by atoms with Crippen LogP contribution in [0.5, 0.6) is 0 Å². The highest BCUT2D eigenvalue weighted by molar-refractivity contribution is 5.84. The third kappa shape index (κ3) is 7.81. The molecule has 1 aromatic heterocycles. The number of nitrogens with zero attached hydrogens (tertiary/aromatic N) is 2. The highest BCUT2D eigenvalue weighted by atomic mass is 16.2. The zero-order valence-electron chi connectivity index (χ0n) is 20.1. The molecule has 1 amide bonds. The van der Waals surface area contributed by atoms with Crippen LogP contribution in [0.1, 0.15) is 69.2 Å². The monoisotopic (exact) mass is 437 g/mol. The van der Waals surface area contributed by atoms with Crippen LogP contribution in [0, 0.1) is 25.7 Å². The molecule has 3 rings (SSSR count). The van der Waals surface area contributed by atoms with E-state index >= 15 is 0 Å². The Morgan fingerprint density at radius 3 is 2.47 bits per heavy atom. The molecule has 0 unspecified atom stereocenters. The molecule has 0 spiro atoms. The fraction of sp³-hybridized carbons (Fsp3) is 0.577. The van der Waals surface area contributed by atoms with E-state index in [1.807, 2.05) is 13.0 Å². The smallest absolute Gasteiger partial charge is 0.242 e. The minimum absolute atomic E-state index is 0.00717. The fourth-order valence-electron chi connectivity index (χ4n) is 4.25. The molecule has 0 aliphatic heterocycles. The Hall–Kier alpha value is -2.63. The van der Waals surface area contributed by atoms with Gasteiger partial charge in [0.05, 0.1) is 0 Å². The first-order chi connectivity index (χ1) is 15.4. The standard InChI is InChI=1S/C26H39N5O/c1-18(2)14-23(25(32)27-16-22-12-10-19(3)11-13-22)30-24-15-20(4)29-26(31-24)28-17-21-8-6-5-7-9-21/h10-13,15,18,21,23H,5-9,14,16-17H2,1-4H3,(H,27,32)(H2,28,29,30,31)/t23-/m0/s1. The predicted octanol–water partition coefficient (Wildman–Crippen LogP) is 5.23. The Balaban J connectivity index is 1.62. The summed E-state index contributed by atoms with van der Waals surface area (Å²) in [4.78, 5) is 22.2. The molecule has 1 aromatic carbocycles. The Morgan fingerprint density at radius 1 is 1.06 bits per heavy atom. The van der Waals surface area contributed by atoms with Crippen LogP contribution < -0.4 is 16.0 Å². The Bertz CT molecular complexity index is 859. The summed E-state index contributed by atoms with van der Waals surface area (Å²) in [5.74, 6) is 2.41. The van der Waals surface area contributed by atoms with Gasteiger partial charge in [0.1, 0.15) is 11.9 Å². The Morgan fingerprint density at radius 2 is 1.78 bits per heavy atom. The van der Waals surface area contributed by atoms with E-state index in [1.165, 1.54) is 37.7 Å². The van der Waals surface area contributed by atoms with Gasteiger partial charge in [-0.05, 0) is 50.5 Å². The second-order valence-electron chi connectivity index (χ2n) is 9.63. The zero-order valence-corrected chi connectivity index (χ0v) is 20.1. The first kappa shape index (κ1) is 24.0. The summed E-state index contributed by atoms with van der Waals surface area (Å²) in [6, 6.07) is 9.80. The van der Waals surface area contributed by atoms with Crippen molar-refractivity contribution in [3.8, 4) is 0 Å². The summed E-state index contributed by atoms with van der Waals surface area (Å²) in [5, 5.41) is 9.88. The van der Waals surface area contributed by atoms with Crippen molar-refractivity contribution in [3.63, 3.8) is 0 Å². The topological polar surface area (TPSA) is 78.9 Å². The van der Waals surface area contributed by atoms with Crippen molar-refractivity contribution in [1.82, 2.24) is 15.3 Å². The van der Waals surface area contributed by atoms with Gasteiger partial charge in [0.25, 0.3) is 0 Å². The van der Waals surface area contributed by atoms with E-state index in [0.29, 0.717) is 30.1 Å². The van der Waals surface area contributed by atoms with Gasteiger partial charge in [0.2, 0.25) is 11.9 Å². The predicted molar refractivity (Wildman–Crippen MR) is 132 cm³/mol. The number of aromatic nitrogens is 2. The molecule has 3 N–H and O–H groups in total. The first-order valence-corrected chi connectivity index (χ1v) is 12.1. The molecule has 1 atom stereocenters. The number of amides is 1. The Kier molecular flexibility index (Phi) is 8.89. The summed E-state index contributed by atoms with van der Waals surface area (Å²) < 4.78 is 0. The van der Waals surface area contributed by atoms with E-state index in [9.17, 15) is 4.79 Å². The molecule has 1 heterocycles. The van der Waals surface area contributed by atoms with Crippen molar-refractivity contribution < 1.29 is 4.79 Å². The third-order valence-electron chi connectivity index (χ3n) is 6.06. The molecule has 1 fully saturated rings. The van der Waals surface area contributed by atoms with Crippen LogP contribution in [0.25, 0.3) is 0 Å². The lowest BCUT2D eigenvalue weighted by atomic mass is 9.89. The molecule has 0 radical (unpaired) electrons. The van der Waals surface area contributed by atoms with Gasteiger partial charge >= 0.3 is 0 Å². The van der Waals surface area contributed by atoms with Crippen LogP contribution in [0.4, 0.5) is 11.8 Å². The van der Waals surface area contributed by atoms with E-state index in [2.05, 4.69) is 71.0 Å². The number of carbonyl (C=O) groups excluding carboxylic acids is 1. The molecule has 0 saturated heterocycles. The maximum Gasteiger partial charge on any atom is 0.242 e. The highest BCUT2D eigenvalue weighted by Crippen LogP contribution is 2.24. The zero-order chi connectivity index (χ0) is 22.9. The molecule has 2 aromatic rings. The number of benzene rings is 1.